The van der Waals surface area contributed by atoms with Gasteiger partial charge in [-0.2, -0.15) is 5.26 Å². The highest BCUT2D eigenvalue weighted by molar-refractivity contribution is 6.30. The quantitative estimate of drug-likeness (QED) is 0.471. The highest BCUT2D eigenvalue weighted by Gasteiger charge is 2.36. The van der Waals surface area contributed by atoms with E-state index in [2.05, 4.69) is 16.8 Å². The van der Waals surface area contributed by atoms with Crippen LogP contribution in [0.25, 0.3) is 11.6 Å². The molecule has 11 heteroatoms. The summed E-state index contributed by atoms with van der Waals surface area (Å²) in [4.78, 5) is 36.0. The minimum Gasteiger partial charge on any atom is -0.447 e. The van der Waals surface area contributed by atoms with Crippen LogP contribution in [0.4, 0.5) is 4.79 Å². The zero-order chi connectivity index (χ0) is 30.4. The second kappa shape index (κ2) is 13.6. The summed E-state index contributed by atoms with van der Waals surface area (Å²) in [5, 5.41) is 12.7. The van der Waals surface area contributed by atoms with Gasteiger partial charge >= 0.3 is 6.09 Å². The monoisotopic (exact) mass is 589 g/mol. The Balaban J connectivity index is 1.84. The van der Waals surface area contributed by atoms with E-state index in [1.54, 1.807) is 29.2 Å². The number of amides is 2. The van der Waals surface area contributed by atoms with E-state index in [0.29, 0.717) is 36.9 Å². The molecule has 2 aromatic rings. The number of piperazine rings is 1. The predicted octanol–water partition coefficient (Wildman–Crippen LogP) is 4.11. The van der Waals surface area contributed by atoms with Crippen LogP contribution < -0.4 is 11.1 Å². The Labute approximate surface area is 251 Å². The molecule has 0 spiro atoms. The summed E-state index contributed by atoms with van der Waals surface area (Å²) in [5.74, 6) is -0.444. The molecule has 1 aromatic carbocycles. The van der Waals surface area contributed by atoms with Gasteiger partial charge in [0.2, 0.25) is 5.91 Å². The number of carbonyl (C=O) groups excluding carboxylic acids is 2. The molecule has 4 rings (SSSR count). The molecule has 2 heterocycles. The first-order valence-corrected chi connectivity index (χ1v) is 14.2. The van der Waals surface area contributed by atoms with Crippen LogP contribution in [-0.4, -0.2) is 77.1 Å². The Morgan fingerprint density at radius 3 is 2.69 bits per heavy atom. The third-order valence-corrected chi connectivity index (χ3v) is 7.58. The molecule has 42 heavy (non-hydrogen) atoms. The molecule has 220 valence electrons. The number of hydrogen-bond donors (Lipinski definition) is 2. The van der Waals surface area contributed by atoms with E-state index >= 15 is 0 Å². The van der Waals surface area contributed by atoms with E-state index in [1.165, 1.54) is 6.20 Å². The Bertz CT molecular complexity index is 1440. The number of nitrogens with zero attached hydrogens (tertiary/aromatic N) is 5. The maximum absolute atomic E-state index is 12.8. The van der Waals surface area contributed by atoms with E-state index in [-0.39, 0.29) is 24.7 Å². The topological polar surface area (TPSA) is 128 Å². The molecule has 1 fully saturated rings. The lowest BCUT2D eigenvalue weighted by atomic mass is 9.89. The van der Waals surface area contributed by atoms with Gasteiger partial charge in [-0.3, -0.25) is 14.7 Å². The van der Waals surface area contributed by atoms with E-state index in [1.807, 2.05) is 56.3 Å². The second-order valence-electron chi connectivity index (χ2n) is 10.4. The SMILES string of the molecule is C=CN(C)/C(=C\N)[C@H](NC(=O)CC#N)C1=Cc2cccnc2[C@@H](N2CCN(C(=O)OC(C)C)CC2)c2ccc(Cl)cc21. The maximum Gasteiger partial charge on any atom is 0.410 e. The molecular weight excluding hydrogens is 554 g/mol. The number of carbonyl (C=O) groups is 2. The van der Waals surface area contributed by atoms with E-state index in [9.17, 15) is 14.9 Å². The van der Waals surface area contributed by atoms with Crippen LogP contribution in [0.1, 0.15) is 48.7 Å². The average molecular weight is 590 g/mol. The number of nitrogens with one attached hydrogen (secondary N) is 1. The summed E-state index contributed by atoms with van der Waals surface area (Å²) in [6, 6.07) is 10.5. The number of nitriles is 1. The normalized spacial score (nSPS) is 17.6. The Hall–Kier alpha value is -4.33. The largest absolute Gasteiger partial charge is 0.447 e. The number of pyridine rings is 1. The first kappa shape index (κ1) is 30.6. The zero-order valence-electron chi connectivity index (χ0n) is 24.1. The predicted molar refractivity (Wildman–Crippen MR) is 163 cm³/mol. The zero-order valence-corrected chi connectivity index (χ0v) is 24.8. The van der Waals surface area contributed by atoms with Crippen LogP contribution in [0.5, 0.6) is 0 Å². The third-order valence-electron chi connectivity index (χ3n) is 7.34. The summed E-state index contributed by atoms with van der Waals surface area (Å²) in [5.41, 5.74) is 10.9. The average Bonchev–Trinajstić information content (AvgIpc) is 3.11. The number of halogens is 1. The number of nitrogens with two attached hydrogens (primary N) is 1. The van der Waals surface area contributed by atoms with Crippen LogP contribution >= 0.6 is 11.6 Å². The van der Waals surface area contributed by atoms with Crippen molar-refractivity contribution >= 4 is 35.3 Å². The van der Waals surface area contributed by atoms with Crippen molar-refractivity contribution < 1.29 is 14.3 Å². The van der Waals surface area contributed by atoms with Gasteiger partial charge in [0, 0.05) is 50.6 Å². The van der Waals surface area contributed by atoms with Gasteiger partial charge in [0.1, 0.15) is 6.42 Å². The van der Waals surface area contributed by atoms with Crippen molar-refractivity contribution in [3.63, 3.8) is 0 Å². The summed E-state index contributed by atoms with van der Waals surface area (Å²) in [7, 11) is 1.79. The molecule has 0 bridgehead atoms. The van der Waals surface area contributed by atoms with Gasteiger partial charge in [-0.1, -0.05) is 30.3 Å². The second-order valence-corrected chi connectivity index (χ2v) is 10.8. The molecule has 0 saturated carbocycles. The molecule has 2 amide bonds. The number of hydrogen-bond acceptors (Lipinski definition) is 8. The van der Waals surface area contributed by atoms with Gasteiger partial charge in [0.05, 0.1) is 35.6 Å². The number of aromatic nitrogens is 1. The van der Waals surface area contributed by atoms with Crippen LogP contribution in [0.2, 0.25) is 5.02 Å². The Kier molecular flexibility index (Phi) is 9.88. The van der Waals surface area contributed by atoms with Crippen LogP contribution in [0, 0.1) is 11.3 Å². The van der Waals surface area contributed by atoms with Gasteiger partial charge in [-0.25, -0.2) is 4.79 Å². The van der Waals surface area contributed by atoms with Crippen molar-refractivity contribution in [3.05, 3.63) is 88.6 Å². The van der Waals surface area contributed by atoms with Gasteiger partial charge in [0.15, 0.2) is 0 Å². The summed E-state index contributed by atoms with van der Waals surface area (Å²) >= 11 is 6.59. The van der Waals surface area contributed by atoms with Crippen molar-refractivity contribution in [2.24, 2.45) is 5.73 Å². The number of benzene rings is 1. The van der Waals surface area contributed by atoms with Crippen molar-refractivity contribution in [2.45, 2.75) is 38.5 Å². The molecule has 1 aliphatic heterocycles. The summed E-state index contributed by atoms with van der Waals surface area (Å²) in [6.45, 7) is 9.74. The summed E-state index contributed by atoms with van der Waals surface area (Å²) in [6.07, 6.45) is 5.95. The first-order chi connectivity index (χ1) is 20.2. The van der Waals surface area contributed by atoms with Crippen LogP contribution in [-0.2, 0) is 9.53 Å². The highest BCUT2D eigenvalue weighted by Crippen LogP contribution is 2.42. The standard InChI is InChI=1S/C31H36ClN7O3/c1-5-37(4)26(19-34)29(36-27(40)10-11-33)25-17-21-7-6-12-35-28(21)30(23-9-8-22(32)18-24(23)25)38-13-15-39(16-14-38)31(41)42-20(2)3/h5-9,12,17-20,29-30H,1,10,13-16,34H2,2-4H3,(H,36,40)/b26-19-/t29-,30+/m1/s1. The van der Waals surface area contributed by atoms with E-state index < -0.39 is 11.9 Å². The summed E-state index contributed by atoms with van der Waals surface area (Å²) < 4.78 is 5.42. The molecule has 0 unspecified atom stereocenters. The van der Waals surface area contributed by atoms with Crippen molar-refractivity contribution in [2.75, 3.05) is 33.2 Å². The van der Waals surface area contributed by atoms with E-state index in [4.69, 9.17) is 27.1 Å². The lowest BCUT2D eigenvalue weighted by Crippen LogP contribution is -2.50. The fraction of sp³-hybridized carbons (Fsp3) is 0.355. The lowest BCUT2D eigenvalue weighted by Gasteiger charge is -2.39. The van der Waals surface area contributed by atoms with Gasteiger partial charge < -0.3 is 25.6 Å². The molecule has 3 N–H and O–H groups in total. The Morgan fingerprint density at radius 1 is 1.31 bits per heavy atom. The molecule has 2 aliphatic rings. The highest BCUT2D eigenvalue weighted by atomic mass is 35.5. The first-order valence-electron chi connectivity index (χ1n) is 13.8. The van der Waals surface area contributed by atoms with Crippen molar-refractivity contribution in [3.8, 4) is 6.07 Å². The van der Waals surface area contributed by atoms with Gasteiger partial charge in [0.25, 0.3) is 0 Å². The molecular formula is C31H36ClN7O3. The van der Waals surface area contributed by atoms with Crippen LogP contribution in [0.15, 0.2) is 61.2 Å². The number of fused-ring (bicyclic) bond motifs is 2. The third kappa shape index (κ3) is 6.59. The fourth-order valence-electron chi connectivity index (χ4n) is 5.35. The van der Waals surface area contributed by atoms with Crippen molar-refractivity contribution in [1.29, 1.82) is 5.26 Å². The minimum atomic E-state index is -0.731. The lowest BCUT2D eigenvalue weighted by molar-refractivity contribution is -0.120. The molecule has 1 saturated heterocycles. The smallest absolute Gasteiger partial charge is 0.410 e. The molecule has 1 aromatic heterocycles. The van der Waals surface area contributed by atoms with Crippen LogP contribution in [0.3, 0.4) is 0 Å². The van der Waals surface area contributed by atoms with Gasteiger partial charge in [-0.05, 0) is 66.6 Å². The van der Waals surface area contributed by atoms with Crippen molar-refractivity contribution in [1.82, 2.24) is 25.0 Å². The number of rotatable bonds is 8. The molecule has 10 nitrogen and oxygen atoms in total. The fourth-order valence-corrected chi connectivity index (χ4v) is 5.53. The number of likely N-dealkylation sites (N-methyl/N-ethyl adjacent to an activating group) is 1. The molecule has 0 radical (unpaired) electrons. The maximum atomic E-state index is 12.8. The van der Waals surface area contributed by atoms with E-state index in [0.717, 1.165) is 28.0 Å². The number of ether oxygens (including phenoxy) is 1. The Morgan fingerprint density at radius 2 is 2.05 bits per heavy atom. The van der Waals surface area contributed by atoms with Gasteiger partial charge in [-0.15, -0.1) is 0 Å². The molecule has 2 atom stereocenters. The molecule has 1 aliphatic carbocycles. The minimum absolute atomic E-state index is 0.191.